The smallest absolute Gasteiger partial charge is 0.225 e. The number of nitrogens with one attached hydrogen (secondary N) is 1. The summed E-state index contributed by atoms with van der Waals surface area (Å²) in [6.07, 6.45) is 1.24. The first kappa shape index (κ1) is 11.7. The van der Waals surface area contributed by atoms with Gasteiger partial charge in [0.25, 0.3) is 0 Å². The highest BCUT2D eigenvalue weighted by Gasteiger charge is 2.28. The van der Waals surface area contributed by atoms with E-state index in [1.165, 1.54) is 11.8 Å². The van der Waals surface area contributed by atoms with Gasteiger partial charge in [0.05, 0.1) is 5.39 Å². The summed E-state index contributed by atoms with van der Waals surface area (Å²) in [6.45, 7) is 5.68. The van der Waals surface area contributed by atoms with E-state index < -0.39 is 0 Å². The third-order valence-corrected chi connectivity index (χ3v) is 4.39. The molecule has 0 spiro atoms. The molecule has 1 aliphatic rings. The average Bonchev–Trinajstić information content (AvgIpc) is 2.94. The van der Waals surface area contributed by atoms with Gasteiger partial charge >= 0.3 is 0 Å². The van der Waals surface area contributed by atoms with E-state index in [-0.39, 0.29) is 0 Å². The van der Waals surface area contributed by atoms with E-state index >= 15 is 0 Å². The molecule has 1 saturated heterocycles. The standard InChI is InChI=1S/C13H18N4S/c1-8-6-9(2)17(7-8)11-10-4-5-18-12(10)16-13(14-3)15-11/h4-5,8-9H,6-7H2,1-3H3,(H,14,15,16). The number of thiophene rings is 1. The Hall–Kier alpha value is -1.36. The minimum atomic E-state index is 0.558. The zero-order chi connectivity index (χ0) is 12.7. The summed E-state index contributed by atoms with van der Waals surface area (Å²) in [5.41, 5.74) is 0. The van der Waals surface area contributed by atoms with Crippen LogP contribution in [0.15, 0.2) is 11.4 Å². The molecule has 0 aliphatic carbocycles. The molecule has 5 heteroatoms. The van der Waals surface area contributed by atoms with Crippen molar-refractivity contribution in [3.8, 4) is 0 Å². The highest BCUT2D eigenvalue weighted by atomic mass is 32.1. The van der Waals surface area contributed by atoms with Gasteiger partial charge in [-0.3, -0.25) is 0 Å². The molecule has 2 aromatic heterocycles. The maximum absolute atomic E-state index is 4.67. The van der Waals surface area contributed by atoms with Crippen LogP contribution in [0, 0.1) is 5.92 Å². The molecular formula is C13H18N4S. The first-order valence-electron chi connectivity index (χ1n) is 6.38. The number of fused-ring (bicyclic) bond motifs is 1. The maximum Gasteiger partial charge on any atom is 0.225 e. The van der Waals surface area contributed by atoms with Crippen molar-refractivity contribution in [1.29, 1.82) is 0 Å². The third-order valence-electron chi connectivity index (χ3n) is 3.58. The summed E-state index contributed by atoms with van der Waals surface area (Å²) in [7, 11) is 1.87. The van der Waals surface area contributed by atoms with E-state index in [2.05, 4.69) is 45.5 Å². The van der Waals surface area contributed by atoms with Crippen molar-refractivity contribution in [2.75, 3.05) is 23.8 Å². The highest BCUT2D eigenvalue weighted by Crippen LogP contribution is 2.34. The lowest BCUT2D eigenvalue weighted by atomic mass is 10.1. The molecule has 1 fully saturated rings. The molecule has 0 bridgehead atoms. The van der Waals surface area contributed by atoms with E-state index in [4.69, 9.17) is 0 Å². The maximum atomic E-state index is 4.67. The second-order valence-corrected chi connectivity index (χ2v) is 6.00. The Morgan fingerprint density at radius 2 is 2.22 bits per heavy atom. The van der Waals surface area contributed by atoms with Gasteiger partial charge in [0.1, 0.15) is 10.6 Å². The van der Waals surface area contributed by atoms with Crippen molar-refractivity contribution in [2.45, 2.75) is 26.3 Å². The molecule has 0 radical (unpaired) electrons. The topological polar surface area (TPSA) is 41.1 Å². The van der Waals surface area contributed by atoms with Crippen molar-refractivity contribution in [3.05, 3.63) is 11.4 Å². The van der Waals surface area contributed by atoms with Crippen LogP contribution >= 0.6 is 11.3 Å². The van der Waals surface area contributed by atoms with Crippen LogP contribution in [0.4, 0.5) is 11.8 Å². The molecule has 0 aromatic carbocycles. The van der Waals surface area contributed by atoms with Gasteiger partial charge in [0.15, 0.2) is 0 Å². The molecule has 0 saturated carbocycles. The molecule has 2 aromatic rings. The second kappa shape index (κ2) is 4.39. The van der Waals surface area contributed by atoms with Gasteiger partial charge < -0.3 is 10.2 Å². The Balaban J connectivity index is 2.12. The van der Waals surface area contributed by atoms with Crippen LogP contribution in [0.5, 0.6) is 0 Å². The molecule has 4 nitrogen and oxygen atoms in total. The van der Waals surface area contributed by atoms with E-state index in [1.807, 2.05) is 7.05 Å². The Kier molecular flexibility index (Phi) is 2.86. The van der Waals surface area contributed by atoms with E-state index in [1.54, 1.807) is 11.3 Å². The monoisotopic (exact) mass is 262 g/mol. The fourth-order valence-electron chi connectivity index (χ4n) is 2.77. The molecule has 0 amide bonds. The quantitative estimate of drug-likeness (QED) is 0.903. The van der Waals surface area contributed by atoms with Gasteiger partial charge in [-0.15, -0.1) is 11.3 Å². The van der Waals surface area contributed by atoms with Crippen LogP contribution in [-0.2, 0) is 0 Å². The summed E-state index contributed by atoms with van der Waals surface area (Å²) in [5, 5.41) is 6.33. The fraction of sp³-hybridized carbons (Fsp3) is 0.538. The second-order valence-electron chi connectivity index (χ2n) is 5.10. The van der Waals surface area contributed by atoms with Crippen LogP contribution in [-0.4, -0.2) is 29.6 Å². The SMILES string of the molecule is CNc1nc(N2CC(C)CC2C)c2ccsc2n1. The first-order valence-corrected chi connectivity index (χ1v) is 7.26. The fourth-order valence-corrected chi connectivity index (χ4v) is 3.52. The van der Waals surface area contributed by atoms with Crippen molar-refractivity contribution in [3.63, 3.8) is 0 Å². The lowest BCUT2D eigenvalue weighted by molar-refractivity contribution is 0.625. The van der Waals surface area contributed by atoms with E-state index in [0.29, 0.717) is 12.0 Å². The molecule has 3 heterocycles. The van der Waals surface area contributed by atoms with Crippen LogP contribution < -0.4 is 10.2 Å². The van der Waals surface area contributed by atoms with Gasteiger partial charge in [0, 0.05) is 19.6 Å². The highest BCUT2D eigenvalue weighted by molar-refractivity contribution is 7.16. The van der Waals surface area contributed by atoms with Gasteiger partial charge in [-0.05, 0) is 30.7 Å². The van der Waals surface area contributed by atoms with Crippen LogP contribution in [0.1, 0.15) is 20.3 Å². The molecule has 3 rings (SSSR count). The molecule has 96 valence electrons. The minimum absolute atomic E-state index is 0.558. The summed E-state index contributed by atoms with van der Waals surface area (Å²) >= 11 is 1.67. The van der Waals surface area contributed by atoms with Crippen LogP contribution in [0.3, 0.4) is 0 Å². The van der Waals surface area contributed by atoms with Crippen LogP contribution in [0.25, 0.3) is 10.2 Å². The van der Waals surface area contributed by atoms with Gasteiger partial charge in [-0.1, -0.05) is 6.92 Å². The molecule has 1 N–H and O–H groups in total. The largest absolute Gasteiger partial charge is 0.357 e. The van der Waals surface area contributed by atoms with Crippen LogP contribution in [0.2, 0.25) is 0 Å². The van der Waals surface area contributed by atoms with Gasteiger partial charge in [-0.2, -0.15) is 4.98 Å². The Bertz CT molecular complexity index is 565. The zero-order valence-corrected chi connectivity index (χ0v) is 11.8. The van der Waals surface area contributed by atoms with Crippen molar-refractivity contribution < 1.29 is 0 Å². The molecule has 18 heavy (non-hydrogen) atoms. The van der Waals surface area contributed by atoms with Crippen molar-refractivity contribution >= 4 is 33.3 Å². The minimum Gasteiger partial charge on any atom is -0.357 e. The summed E-state index contributed by atoms with van der Waals surface area (Å²) in [6, 6.07) is 2.69. The Labute approximate surface area is 111 Å². The van der Waals surface area contributed by atoms with E-state index in [9.17, 15) is 0 Å². The Morgan fingerprint density at radius 1 is 1.39 bits per heavy atom. The van der Waals surface area contributed by atoms with Crippen molar-refractivity contribution in [1.82, 2.24) is 9.97 Å². The van der Waals surface area contributed by atoms with E-state index in [0.717, 1.165) is 23.1 Å². The van der Waals surface area contributed by atoms with Crippen molar-refractivity contribution in [2.24, 2.45) is 5.92 Å². The molecule has 1 aliphatic heterocycles. The number of rotatable bonds is 2. The molecule has 2 atom stereocenters. The zero-order valence-electron chi connectivity index (χ0n) is 11.0. The number of anilines is 2. The summed E-state index contributed by atoms with van der Waals surface area (Å²) < 4.78 is 0. The predicted molar refractivity (Wildman–Crippen MR) is 77.6 cm³/mol. The average molecular weight is 262 g/mol. The summed E-state index contributed by atoms with van der Waals surface area (Å²) in [5.74, 6) is 2.54. The predicted octanol–water partition coefficient (Wildman–Crippen LogP) is 2.97. The lowest BCUT2D eigenvalue weighted by Gasteiger charge is -2.23. The third kappa shape index (κ3) is 1.82. The normalized spacial score (nSPS) is 23.8. The lowest BCUT2D eigenvalue weighted by Crippen LogP contribution is -2.28. The van der Waals surface area contributed by atoms with Gasteiger partial charge in [0.2, 0.25) is 5.95 Å². The number of hydrogen-bond acceptors (Lipinski definition) is 5. The molecular weight excluding hydrogens is 244 g/mol. The Morgan fingerprint density at radius 3 is 2.89 bits per heavy atom. The summed E-state index contributed by atoms with van der Waals surface area (Å²) in [4.78, 5) is 12.7. The number of aromatic nitrogens is 2. The van der Waals surface area contributed by atoms with Gasteiger partial charge in [-0.25, -0.2) is 4.98 Å². The first-order chi connectivity index (χ1) is 8.69. The number of hydrogen-bond donors (Lipinski definition) is 1. The molecule has 2 unspecified atom stereocenters. The number of nitrogens with zero attached hydrogens (tertiary/aromatic N) is 3.